The third-order valence-corrected chi connectivity index (χ3v) is 4.32. The minimum absolute atomic E-state index is 0.0585. The normalized spacial score (nSPS) is 14.6. The lowest BCUT2D eigenvalue weighted by Gasteiger charge is -2.35. The topological polar surface area (TPSA) is 98.7 Å². The molecule has 28 heavy (non-hydrogen) atoms. The summed E-state index contributed by atoms with van der Waals surface area (Å²) in [6.07, 6.45) is 9.34. The van der Waals surface area contributed by atoms with Crippen LogP contribution in [0, 0.1) is 0 Å². The fourth-order valence-corrected chi connectivity index (χ4v) is 2.85. The maximum atomic E-state index is 12.4. The number of aromatic nitrogens is 2. The van der Waals surface area contributed by atoms with Gasteiger partial charge in [0.1, 0.15) is 0 Å². The van der Waals surface area contributed by atoms with Crippen LogP contribution in [0.2, 0.25) is 0 Å². The van der Waals surface area contributed by atoms with Crippen LogP contribution in [-0.4, -0.2) is 58.1 Å². The second-order valence-electron chi connectivity index (χ2n) is 6.15. The number of carbonyl (C=O) groups excluding carboxylic acids is 2. The quantitative estimate of drug-likeness (QED) is 0.462. The number of anilines is 1. The second kappa shape index (κ2) is 9.43. The van der Waals surface area contributed by atoms with Gasteiger partial charge in [-0.25, -0.2) is 10.5 Å². The number of hydroxylamine groups is 1. The van der Waals surface area contributed by atoms with Crippen LogP contribution in [0.1, 0.15) is 11.4 Å². The summed E-state index contributed by atoms with van der Waals surface area (Å²) < 4.78 is 0. The molecule has 3 rings (SSSR count). The van der Waals surface area contributed by atoms with Crippen molar-refractivity contribution in [2.75, 3.05) is 31.1 Å². The van der Waals surface area contributed by atoms with Gasteiger partial charge in [0.05, 0.1) is 11.4 Å². The lowest BCUT2D eigenvalue weighted by molar-refractivity contribution is -0.126. The first kappa shape index (κ1) is 19.2. The highest BCUT2D eigenvalue weighted by molar-refractivity contribution is 5.92. The average Bonchev–Trinajstić information content (AvgIpc) is 2.76. The standard InChI is InChI=1S/C20H21N5O3/c26-19(23-28)6-4-16-2-1-3-17(22-16)5-7-20(27)25-14-12-24(13-15-25)18-8-10-21-11-9-18/h1-11,28H,12-15H2,(H,23,26). The van der Waals surface area contributed by atoms with Gasteiger partial charge in [0.15, 0.2) is 0 Å². The minimum atomic E-state index is -0.635. The Morgan fingerprint density at radius 1 is 0.964 bits per heavy atom. The van der Waals surface area contributed by atoms with Crippen LogP contribution in [0.15, 0.2) is 54.9 Å². The van der Waals surface area contributed by atoms with E-state index in [9.17, 15) is 9.59 Å². The van der Waals surface area contributed by atoms with Crippen molar-refractivity contribution < 1.29 is 14.8 Å². The van der Waals surface area contributed by atoms with Gasteiger partial charge in [-0.15, -0.1) is 0 Å². The molecule has 1 aliphatic heterocycles. The minimum Gasteiger partial charge on any atom is -0.368 e. The summed E-state index contributed by atoms with van der Waals surface area (Å²) in [5.41, 5.74) is 3.78. The first-order valence-corrected chi connectivity index (χ1v) is 8.87. The summed E-state index contributed by atoms with van der Waals surface area (Å²) >= 11 is 0. The first-order valence-electron chi connectivity index (χ1n) is 8.87. The van der Waals surface area contributed by atoms with Crippen molar-refractivity contribution in [2.45, 2.75) is 0 Å². The molecule has 0 aliphatic carbocycles. The average molecular weight is 379 g/mol. The highest BCUT2D eigenvalue weighted by Crippen LogP contribution is 2.15. The SMILES string of the molecule is O=C(C=Cc1cccc(C=CC(=O)N2CCN(c3ccncc3)CC2)n1)NO. The smallest absolute Gasteiger partial charge is 0.267 e. The molecule has 144 valence electrons. The van der Waals surface area contributed by atoms with Crippen LogP contribution in [-0.2, 0) is 9.59 Å². The highest BCUT2D eigenvalue weighted by Gasteiger charge is 2.19. The van der Waals surface area contributed by atoms with Gasteiger partial charge >= 0.3 is 0 Å². The van der Waals surface area contributed by atoms with Crippen molar-refractivity contribution >= 4 is 29.7 Å². The van der Waals surface area contributed by atoms with E-state index in [0.29, 0.717) is 24.5 Å². The number of amides is 2. The monoisotopic (exact) mass is 379 g/mol. The summed E-state index contributed by atoms with van der Waals surface area (Å²) in [6, 6.07) is 9.21. The maximum absolute atomic E-state index is 12.4. The molecule has 8 nitrogen and oxygen atoms in total. The van der Waals surface area contributed by atoms with Gasteiger partial charge < -0.3 is 9.80 Å². The van der Waals surface area contributed by atoms with Gasteiger partial charge in [-0.3, -0.25) is 19.8 Å². The van der Waals surface area contributed by atoms with Crippen LogP contribution < -0.4 is 10.4 Å². The van der Waals surface area contributed by atoms with Gasteiger partial charge in [-0.05, 0) is 36.4 Å². The van der Waals surface area contributed by atoms with E-state index >= 15 is 0 Å². The zero-order valence-corrected chi connectivity index (χ0v) is 15.2. The molecular formula is C20H21N5O3. The molecule has 8 heteroatoms. The third kappa shape index (κ3) is 5.24. The Morgan fingerprint density at radius 2 is 1.61 bits per heavy atom. The summed E-state index contributed by atoms with van der Waals surface area (Å²) in [4.78, 5) is 35.9. The summed E-state index contributed by atoms with van der Waals surface area (Å²) in [6.45, 7) is 2.85. The van der Waals surface area contributed by atoms with E-state index in [0.717, 1.165) is 18.8 Å². The number of nitrogens with zero attached hydrogens (tertiary/aromatic N) is 4. The Bertz CT molecular complexity index is 874. The number of piperazine rings is 1. The fourth-order valence-electron chi connectivity index (χ4n) is 2.85. The zero-order chi connectivity index (χ0) is 19.8. The predicted octanol–water partition coefficient (Wildman–Crippen LogP) is 1.36. The largest absolute Gasteiger partial charge is 0.368 e. The van der Waals surface area contributed by atoms with Crippen LogP contribution in [0.5, 0.6) is 0 Å². The Hall–Kier alpha value is -3.52. The van der Waals surface area contributed by atoms with E-state index in [2.05, 4.69) is 14.9 Å². The van der Waals surface area contributed by atoms with Crippen LogP contribution >= 0.6 is 0 Å². The van der Waals surface area contributed by atoms with Crippen molar-refractivity contribution in [3.63, 3.8) is 0 Å². The third-order valence-electron chi connectivity index (χ3n) is 4.32. The molecule has 3 heterocycles. The molecule has 0 atom stereocenters. The van der Waals surface area contributed by atoms with Crippen LogP contribution in [0.4, 0.5) is 5.69 Å². The van der Waals surface area contributed by atoms with Crippen molar-refractivity contribution in [3.05, 3.63) is 66.3 Å². The molecule has 0 unspecified atom stereocenters. The van der Waals surface area contributed by atoms with E-state index in [-0.39, 0.29) is 5.91 Å². The fraction of sp³-hybridized carbons (Fsp3) is 0.200. The van der Waals surface area contributed by atoms with Crippen molar-refractivity contribution in [3.8, 4) is 0 Å². The maximum Gasteiger partial charge on any atom is 0.267 e. The number of rotatable bonds is 5. The summed E-state index contributed by atoms with van der Waals surface area (Å²) in [5.74, 6) is -0.694. The van der Waals surface area contributed by atoms with Crippen molar-refractivity contribution in [2.24, 2.45) is 0 Å². The molecule has 1 saturated heterocycles. The molecule has 0 aromatic carbocycles. The van der Waals surface area contributed by atoms with E-state index in [4.69, 9.17) is 5.21 Å². The lowest BCUT2D eigenvalue weighted by atomic mass is 10.2. The molecule has 0 radical (unpaired) electrons. The summed E-state index contributed by atoms with van der Waals surface area (Å²) in [7, 11) is 0. The number of nitrogens with one attached hydrogen (secondary N) is 1. The molecule has 0 bridgehead atoms. The number of carbonyl (C=O) groups is 2. The van der Waals surface area contributed by atoms with Gasteiger partial charge in [-0.1, -0.05) is 6.07 Å². The lowest BCUT2D eigenvalue weighted by Crippen LogP contribution is -2.48. The molecule has 2 amide bonds. The van der Waals surface area contributed by atoms with E-state index in [1.807, 2.05) is 17.0 Å². The molecule has 1 fully saturated rings. The van der Waals surface area contributed by atoms with Crippen molar-refractivity contribution in [1.29, 1.82) is 0 Å². The van der Waals surface area contributed by atoms with Crippen LogP contribution in [0.3, 0.4) is 0 Å². The second-order valence-corrected chi connectivity index (χ2v) is 6.15. The molecule has 0 spiro atoms. The van der Waals surface area contributed by atoms with E-state index in [1.165, 1.54) is 23.7 Å². The van der Waals surface area contributed by atoms with Gasteiger partial charge in [-0.2, -0.15) is 0 Å². The first-order chi connectivity index (χ1) is 13.7. The molecule has 2 aromatic heterocycles. The Kier molecular flexibility index (Phi) is 6.48. The number of pyridine rings is 2. The van der Waals surface area contributed by atoms with E-state index < -0.39 is 5.91 Å². The Morgan fingerprint density at radius 3 is 2.25 bits per heavy atom. The predicted molar refractivity (Wildman–Crippen MR) is 105 cm³/mol. The van der Waals surface area contributed by atoms with Gasteiger partial charge in [0.25, 0.3) is 5.91 Å². The summed E-state index contributed by atoms with van der Waals surface area (Å²) in [5, 5.41) is 8.49. The van der Waals surface area contributed by atoms with Gasteiger partial charge in [0, 0.05) is 56.4 Å². The molecular weight excluding hydrogens is 358 g/mol. The van der Waals surface area contributed by atoms with E-state index in [1.54, 1.807) is 36.7 Å². The molecule has 1 aliphatic rings. The van der Waals surface area contributed by atoms with Crippen molar-refractivity contribution in [1.82, 2.24) is 20.3 Å². The molecule has 0 saturated carbocycles. The number of hydrogen-bond acceptors (Lipinski definition) is 6. The Balaban J connectivity index is 1.56. The molecule has 2 N–H and O–H groups in total. The number of hydrogen-bond donors (Lipinski definition) is 2. The molecule has 2 aromatic rings. The highest BCUT2D eigenvalue weighted by atomic mass is 16.5. The van der Waals surface area contributed by atoms with Crippen LogP contribution in [0.25, 0.3) is 12.2 Å². The van der Waals surface area contributed by atoms with Gasteiger partial charge in [0.2, 0.25) is 5.91 Å². The zero-order valence-electron chi connectivity index (χ0n) is 15.2. The Labute approximate surface area is 162 Å².